The molecule has 1 aromatic heterocycles. The molecule has 0 atom stereocenters. The Bertz CT molecular complexity index is 383. The number of hydrogen-bond acceptors (Lipinski definition) is 4. The molecular weight excluding hydrogens is 256 g/mol. The standard InChI is InChI=1S/C10H11BrN4/c11-9-6-10(14-7-13-9)15(5-1-4-12)8-2-3-8/h6-8H,1-3,5H2. The van der Waals surface area contributed by atoms with E-state index in [-0.39, 0.29) is 0 Å². The molecule has 0 aromatic carbocycles. The Kier molecular flexibility index (Phi) is 3.17. The Balaban J connectivity index is 2.13. The molecule has 1 saturated carbocycles. The van der Waals surface area contributed by atoms with E-state index in [1.54, 1.807) is 6.33 Å². The normalized spacial score (nSPS) is 14.7. The van der Waals surface area contributed by atoms with E-state index < -0.39 is 0 Å². The number of halogens is 1. The van der Waals surface area contributed by atoms with E-state index in [2.05, 4.69) is 36.9 Å². The van der Waals surface area contributed by atoms with Crippen molar-refractivity contribution < 1.29 is 0 Å². The maximum atomic E-state index is 8.60. The van der Waals surface area contributed by atoms with Crippen LogP contribution in [0.4, 0.5) is 5.82 Å². The number of aromatic nitrogens is 2. The molecule has 0 spiro atoms. The monoisotopic (exact) mass is 266 g/mol. The summed E-state index contributed by atoms with van der Waals surface area (Å²) in [7, 11) is 0. The second-order valence-electron chi connectivity index (χ2n) is 3.53. The van der Waals surface area contributed by atoms with E-state index in [9.17, 15) is 0 Å². The Labute approximate surface area is 97.1 Å². The van der Waals surface area contributed by atoms with Crippen molar-refractivity contribution in [2.75, 3.05) is 11.4 Å². The molecule has 0 unspecified atom stereocenters. The van der Waals surface area contributed by atoms with Gasteiger partial charge in [0.1, 0.15) is 16.7 Å². The van der Waals surface area contributed by atoms with Gasteiger partial charge in [-0.3, -0.25) is 0 Å². The van der Waals surface area contributed by atoms with Gasteiger partial charge in [-0.2, -0.15) is 5.26 Å². The second-order valence-corrected chi connectivity index (χ2v) is 4.34. The van der Waals surface area contributed by atoms with Crippen LogP contribution in [0.1, 0.15) is 19.3 Å². The first kappa shape index (κ1) is 10.4. The molecule has 0 amide bonds. The molecule has 2 rings (SSSR count). The van der Waals surface area contributed by atoms with E-state index in [1.165, 1.54) is 12.8 Å². The average molecular weight is 267 g/mol. The first-order chi connectivity index (χ1) is 7.31. The number of nitriles is 1. The summed E-state index contributed by atoms with van der Waals surface area (Å²) in [6.07, 6.45) is 4.49. The summed E-state index contributed by atoms with van der Waals surface area (Å²) in [5.74, 6) is 0.912. The van der Waals surface area contributed by atoms with Crippen molar-refractivity contribution in [1.29, 1.82) is 5.26 Å². The summed E-state index contributed by atoms with van der Waals surface area (Å²) in [5.41, 5.74) is 0. The third-order valence-electron chi connectivity index (χ3n) is 2.37. The molecule has 1 heterocycles. The van der Waals surface area contributed by atoms with Crippen LogP contribution in [0.3, 0.4) is 0 Å². The fourth-order valence-corrected chi connectivity index (χ4v) is 1.82. The zero-order chi connectivity index (χ0) is 10.7. The molecule has 1 aliphatic rings. The molecule has 5 heteroatoms. The summed E-state index contributed by atoms with van der Waals surface area (Å²) < 4.78 is 0.787. The van der Waals surface area contributed by atoms with Crippen LogP contribution in [-0.2, 0) is 0 Å². The fraction of sp³-hybridized carbons (Fsp3) is 0.500. The zero-order valence-corrected chi connectivity index (χ0v) is 9.81. The molecule has 0 radical (unpaired) electrons. The van der Waals surface area contributed by atoms with Crippen LogP contribution in [0.25, 0.3) is 0 Å². The lowest BCUT2D eigenvalue weighted by molar-refractivity contribution is 0.774. The van der Waals surface area contributed by atoms with Crippen molar-refractivity contribution in [3.05, 3.63) is 17.0 Å². The van der Waals surface area contributed by atoms with Gasteiger partial charge < -0.3 is 4.90 Å². The van der Waals surface area contributed by atoms with Crippen molar-refractivity contribution in [3.63, 3.8) is 0 Å². The van der Waals surface area contributed by atoms with E-state index in [1.807, 2.05) is 6.07 Å². The Hall–Kier alpha value is -1.15. The fourth-order valence-electron chi connectivity index (χ4n) is 1.52. The molecule has 4 nitrogen and oxygen atoms in total. The highest BCUT2D eigenvalue weighted by molar-refractivity contribution is 9.10. The number of nitrogens with zero attached hydrogens (tertiary/aromatic N) is 4. The lowest BCUT2D eigenvalue weighted by atomic mass is 10.3. The highest BCUT2D eigenvalue weighted by Crippen LogP contribution is 2.31. The summed E-state index contributed by atoms with van der Waals surface area (Å²) >= 11 is 3.33. The van der Waals surface area contributed by atoms with E-state index in [0.717, 1.165) is 17.0 Å². The van der Waals surface area contributed by atoms with Crippen LogP contribution in [-0.4, -0.2) is 22.6 Å². The largest absolute Gasteiger partial charge is 0.352 e. The van der Waals surface area contributed by atoms with E-state index in [0.29, 0.717) is 12.5 Å². The molecule has 0 saturated heterocycles. The Morgan fingerprint density at radius 1 is 1.53 bits per heavy atom. The van der Waals surface area contributed by atoms with Crippen molar-refractivity contribution in [1.82, 2.24) is 9.97 Å². The predicted molar refractivity (Wildman–Crippen MR) is 60.3 cm³/mol. The van der Waals surface area contributed by atoms with Crippen LogP contribution in [0.5, 0.6) is 0 Å². The van der Waals surface area contributed by atoms with Gasteiger partial charge in [0.2, 0.25) is 0 Å². The van der Waals surface area contributed by atoms with Crippen molar-refractivity contribution in [3.8, 4) is 6.07 Å². The van der Waals surface area contributed by atoms with Crippen molar-refractivity contribution in [2.45, 2.75) is 25.3 Å². The molecule has 0 N–H and O–H groups in total. The number of hydrogen-bond donors (Lipinski definition) is 0. The number of rotatable bonds is 4. The minimum atomic E-state index is 0.540. The maximum absolute atomic E-state index is 8.60. The lowest BCUT2D eigenvalue weighted by Gasteiger charge is -2.21. The topological polar surface area (TPSA) is 52.8 Å². The van der Waals surface area contributed by atoms with Gasteiger partial charge in [-0.1, -0.05) is 0 Å². The Morgan fingerprint density at radius 2 is 2.33 bits per heavy atom. The summed E-state index contributed by atoms with van der Waals surface area (Å²) in [4.78, 5) is 10.4. The number of anilines is 1. The first-order valence-corrected chi connectivity index (χ1v) is 5.71. The van der Waals surface area contributed by atoms with Gasteiger partial charge in [0, 0.05) is 18.7 Å². The maximum Gasteiger partial charge on any atom is 0.133 e. The van der Waals surface area contributed by atoms with Crippen LogP contribution < -0.4 is 4.90 Å². The molecule has 0 bridgehead atoms. The van der Waals surface area contributed by atoms with Gasteiger partial charge in [-0.15, -0.1) is 0 Å². The average Bonchev–Trinajstić information content (AvgIpc) is 3.03. The third kappa shape index (κ3) is 2.66. The van der Waals surface area contributed by atoms with Gasteiger partial charge >= 0.3 is 0 Å². The summed E-state index contributed by atoms with van der Waals surface area (Å²) in [6.45, 7) is 0.755. The SMILES string of the molecule is N#CCCN(c1cc(Br)ncn1)C1CC1. The molecule has 1 fully saturated rings. The molecule has 78 valence electrons. The second kappa shape index (κ2) is 4.58. The summed E-state index contributed by atoms with van der Waals surface area (Å²) in [6, 6.07) is 4.64. The molecule has 1 aromatic rings. The van der Waals surface area contributed by atoms with Gasteiger partial charge in [-0.25, -0.2) is 9.97 Å². The van der Waals surface area contributed by atoms with Crippen LogP contribution in [0.2, 0.25) is 0 Å². The van der Waals surface area contributed by atoms with Gasteiger partial charge in [0.25, 0.3) is 0 Å². The molecule has 15 heavy (non-hydrogen) atoms. The lowest BCUT2D eigenvalue weighted by Crippen LogP contribution is -2.27. The molecule has 1 aliphatic carbocycles. The van der Waals surface area contributed by atoms with Crippen molar-refractivity contribution >= 4 is 21.7 Å². The van der Waals surface area contributed by atoms with Crippen LogP contribution in [0.15, 0.2) is 17.0 Å². The molecule has 0 aliphatic heterocycles. The molecular formula is C10H11BrN4. The van der Waals surface area contributed by atoms with Crippen LogP contribution in [0, 0.1) is 11.3 Å². The summed E-state index contributed by atoms with van der Waals surface area (Å²) in [5, 5.41) is 8.60. The van der Waals surface area contributed by atoms with Gasteiger partial charge in [0.05, 0.1) is 12.5 Å². The van der Waals surface area contributed by atoms with E-state index >= 15 is 0 Å². The Morgan fingerprint density at radius 3 is 2.93 bits per heavy atom. The third-order valence-corrected chi connectivity index (χ3v) is 2.80. The minimum Gasteiger partial charge on any atom is -0.352 e. The van der Waals surface area contributed by atoms with Crippen molar-refractivity contribution in [2.24, 2.45) is 0 Å². The van der Waals surface area contributed by atoms with E-state index in [4.69, 9.17) is 5.26 Å². The van der Waals surface area contributed by atoms with Crippen LogP contribution >= 0.6 is 15.9 Å². The zero-order valence-electron chi connectivity index (χ0n) is 8.23. The van der Waals surface area contributed by atoms with Gasteiger partial charge in [-0.05, 0) is 28.8 Å². The first-order valence-electron chi connectivity index (χ1n) is 4.92. The highest BCUT2D eigenvalue weighted by atomic mass is 79.9. The minimum absolute atomic E-state index is 0.540. The predicted octanol–water partition coefficient (Wildman–Crippen LogP) is 2.12. The smallest absolute Gasteiger partial charge is 0.133 e. The quantitative estimate of drug-likeness (QED) is 0.784. The highest BCUT2D eigenvalue weighted by Gasteiger charge is 2.29. The van der Waals surface area contributed by atoms with Gasteiger partial charge in [0.15, 0.2) is 0 Å².